The van der Waals surface area contributed by atoms with E-state index < -0.39 is 8.07 Å². The molecule has 8 aromatic rings. The molecule has 11 rings (SSSR count). The van der Waals surface area contributed by atoms with Crippen LogP contribution in [-0.4, -0.2) is 14.8 Å². The molecule has 0 spiro atoms. The number of rotatable bonds is 4. The molecule has 57 heavy (non-hydrogen) atoms. The lowest BCUT2D eigenvalue weighted by molar-refractivity contribution is 0.590. The normalized spacial score (nSPS) is 14.4. The zero-order valence-electron chi connectivity index (χ0n) is 32.9. The Morgan fingerprint density at radius 2 is 1.00 bits per heavy atom. The molecule has 0 radical (unpaired) electrons. The van der Waals surface area contributed by atoms with Crippen LogP contribution in [0.1, 0.15) is 31.9 Å². The lowest BCUT2D eigenvalue weighted by Gasteiger charge is -2.45. The molecule has 3 heterocycles. The van der Waals surface area contributed by atoms with Gasteiger partial charge in [0.2, 0.25) is 0 Å². The Bertz CT molecular complexity index is 2820. The molecule has 0 aliphatic carbocycles. The van der Waals surface area contributed by atoms with Gasteiger partial charge in [-0.15, -0.1) is 0 Å². The van der Waals surface area contributed by atoms with Crippen LogP contribution in [0.4, 0.5) is 34.1 Å². The molecule has 2 nitrogen and oxygen atoms in total. The fourth-order valence-electron chi connectivity index (χ4n) is 10.2. The summed E-state index contributed by atoms with van der Waals surface area (Å²) in [6.45, 7) is 9.33. The first-order valence-corrected chi connectivity index (χ1v) is 22.2. The van der Waals surface area contributed by atoms with Gasteiger partial charge in [0.1, 0.15) is 0 Å². The molecule has 8 aromatic carbocycles. The Morgan fingerprint density at radius 1 is 0.439 bits per heavy atom. The molecule has 0 saturated heterocycles. The second-order valence-corrected chi connectivity index (χ2v) is 20.7. The van der Waals surface area contributed by atoms with Crippen molar-refractivity contribution in [2.75, 3.05) is 9.80 Å². The van der Waals surface area contributed by atoms with Gasteiger partial charge in [0.25, 0.3) is 6.71 Å². The Hall–Kier alpha value is -6.36. The first-order chi connectivity index (χ1) is 27.9. The molecule has 0 saturated carbocycles. The van der Waals surface area contributed by atoms with E-state index in [0.29, 0.717) is 0 Å². The fourth-order valence-corrected chi connectivity index (χ4v) is 15.4. The van der Waals surface area contributed by atoms with Gasteiger partial charge < -0.3 is 9.80 Å². The predicted molar refractivity (Wildman–Crippen MR) is 247 cm³/mol. The van der Waals surface area contributed by atoms with E-state index >= 15 is 0 Å². The van der Waals surface area contributed by atoms with Crippen LogP contribution in [-0.2, 0) is 5.41 Å². The number of nitrogens with zero attached hydrogens (tertiary/aromatic N) is 2. The first kappa shape index (κ1) is 33.9. The summed E-state index contributed by atoms with van der Waals surface area (Å²) >= 11 is 0. The van der Waals surface area contributed by atoms with Gasteiger partial charge in [0.15, 0.2) is 8.07 Å². The summed E-state index contributed by atoms with van der Waals surface area (Å²) in [6, 6.07) is 71.4. The van der Waals surface area contributed by atoms with Gasteiger partial charge >= 0.3 is 0 Å². The van der Waals surface area contributed by atoms with Gasteiger partial charge in [0.05, 0.1) is 0 Å². The Morgan fingerprint density at radius 3 is 1.67 bits per heavy atom. The molecular weight excluding hydrogens is 703 g/mol. The summed E-state index contributed by atoms with van der Waals surface area (Å²) in [5, 5.41) is 5.78. The van der Waals surface area contributed by atoms with Crippen LogP contribution in [0.15, 0.2) is 188 Å². The third kappa shape index (κ3) is 4.84. The third-order valence-electron chi connectivity index (χ3n) is 12.8. The van der Waals surface area contributed by atoms with E-state index in [9.17, 15) is 0 Å². The van der Waals surface area contributed by atoms with Crippen molar-refractivity contribution in [1.82, 2.24) is 0 Å². The molecule has 0 amide bonds. The van der Waals surface area contributed by atoms with Crippen LogP contribution in [0, 0.1) is 6.92 Å². The SMILES string of the molecule is Cc1ccccc1N1c2cc3c(cc2B2c4ccccc4N(c4ccccc4)c4cc(C(C)(C)C)cc1c42)[Si](c1ccccc1)(c1ccccc1)c1ccccc1-3. The highest BCUT2D eigenvalue weighted by Crippen LogP contribution is 2.47. The highest BCUT2D eigenvalue weighted by molar-refractivity contribution is 7.22. The molecule has 0 aromatic heterocycles. The van der Waals surface area contributed by atoms with Crippen LogP contribution in [0.2, 0.25) is 0 Å². The van der Waals surface area contributed by atoms with Crippen LogP contribution >= 0.6 is 0 Å². The van der Waals surface area contributed by atoms with Gasteiger partial charge in [-0.2, -0.15) is 0 Å². The molecular formula is C53H43BN2Si. The van der Waals surface area contributed by atoms with Gasteiger partial charge in [-0.3, -0.25) is 0 Å². The average Bonchev–Trinajstić information content (AvgIpc) is 3.53. The van der Waals surface area contributed by atoms with Gasteiger partial charge in [-0.25, -0.2) is 0 Å². The summed E-state index contributed by atoms with van der Waals surface area (Å²) in [7, 11) is -2.75. The maximum Gasteiger partial charge on any atom is 0.252 e. The van der Waals surface area contributed by atoms with E-state index in [2.05, 4.69) is 226 Å². The number of para-hydroxylation sites is 3. The minimum Gasteiger partial charge on any atom is -0.311 e. The second-order valence-electron chi connectivity index (χ2n) is 16.9. The second kappa shape index (κ2) is 12.6. The van der Waals surface area contributed by atoms with Crippen LogP contribution in [0.25, 0.3) is 11.1 Å². The molecule has 3 aliphatic rings. The smallest absolute Gasteiger partial charge is 0.252 e. The standard InChI is InChI=1S/C53H43BN2Si/c1-36-20-14-17-29-45(36)56-47-34-42-41-27-15-19-31-50(41)57(39-23-10-6-11-24-39,40-25-12-7-13-26-40)51(42)35-44(47)54-43-28-16-18-30-46(43)55(38-21-8-5-9-22-38)48-32-37(53(2,3)4)33-49(56)52(48)54/h5-35H,1-4H3. The number of hydrogen-bond donors (Lipinski definition) is 0. The molecule has 3 aliphatic heterocycles. The summed E-state index contributed by atoms with van der Waals surface area (Å²) in [5.74, 6) is 0. The quantitative estimate of drug-likeness (QED) is 0.166. The minimum absolute atomic E-state index is 0.0303. The van der Waals surface area contributed by atoms with Gasteiger partial charge in [0, 0.05) is 34.1 Å². The highest BCUT2D eigenvalue weighted by atomic mass is 28.3. The molecule has 4 heteroatoms. The lowest BCUT2D eigenvalue weighted by Crippen LogP contribution is -2.73. The average molecular weight is 747 g/mol. The van der Waals surface area contributed by atoms with Crippen molar-refractivity contribution in [3.05, 3.63) is 199 Å². The van der Waals surface area contributed by atoms with Crippen molar-refractivity contribution in [3.8, 4) is 11.1 Å². The molecule has 0 atom stereocenters. The van der Waals surface area contributed by atoms with E-state index in [1.807, 2.05) is 0 Å². The maximum atomic E-state index is 2.67. The van der Waals surface area contributed by atoms with E-state index in [0.717, 1.165) is 0 Å². The van der Waals surface area contributed by atoms with Crippen LogP contribution in [0.5, 0.6) is 0 Å². The zero-order chi connectivity index (χ0) is 38.5. The number of fused-ring (bicyclic) bond motifs is 7. The third-order valence-corrected chi connectivity index (χ3v) is 17.7. The number of benzene rings is 8. The van der Waals surface area contributed by atoms with Crippen molar-refractivity contribution in [1.29, 1.82) is 0 Å². The Kier molecular flexibility index (Phi) is 7.49. The molecule has 272 valence electrons. The summed E-state index contributed by atoms with van der Waals surface area (Å²) < 4.78 is 0. The molecule has 0 bridgehead atoms. The maximum absolute atomic E-state index is 2.75. The van der Waals surface area contributed by atoms with Crippen molar-refractivity contribution in [2.45, 2.75) is 33.1 Å². The Labute approximate surface area is 337 Å². The lowest BCUT2D eigenvalue weighted by atomic mass is 9.33. The minimum atomic E-state index is -2.75. The number of hydrogen-bond acceptors (Lipinski definition) is 2. The topological polar surface area (TPSA) is 6.48 Å². The van der Waals surface area contributed by atoms with E-state index in [1.54, 1.807) is 0 Å². The summed E-state index contributed by atoms with van der Waals surface area (Å²) in [6.07, 6.45) is 0. The van der Waals surface area contributed by atoms with E-state index in [1.165, 1.54) is 93.5 Å². The van der Waals surface area contributed by atoms with Crippen LogP contribution in [0.3, 0.4) is 0 Å². The highest BCUT2D eigenvalue weighted by Gasteiger charge is 2.51. The first-order valence-electron chi connectivity index (χ1n) is 20.2. The van der Waals surface area contributed by atoms with Gasteiger partial charge in [-0.1, -0.05) is 166 Å². The van der Waals surface area contributed by atoms with Crippen LogP contribution < -0.4 is 46.9 Å². The summed E-state index contributed by atoms with van der Waals surface area (Å²) in [4.78, 5) is 5.14. The van der Waals surface area contributed by atoms with Gasteiger partial charge in [-0.05, 0) is 114 Å². The van der Waals surface area contributed by atoms with Crippen molar-refractivity contribution >= 4 is 86.0 Å². The summed E-state index contributed by atoms with van der Waals surface area (Å²) in [5.41, 5.74) is 16.7. The predicted octanol–water partition coefficient (Wildman–Crippen LogP) is 8.73. The fraction of sp³-hybridized carbons (Fsp3) is 0.0943. The monoisotopic (exact) mass is 746 g/mol. The number of aryl methyl sites for hydroxylation is 1. The molecule has 0 fully saturated rings. The molecule has 0 unspecified atom stereocenters. The van der Waals surface area contributed by atoms with E-state index in [4.69, 9.17) is 0 Å². The zero-order valence-corrected chi connectivity index (χ0v) is 33.9. The largest absolute Gasteiger partial charge is 0.311 e. The van der Waals surface area contributed by atoms with Crippen molar-refractivity contribution in [3.63, 3.8) is 0 Å². The Balaban J connectivity index is 1.31. The van der Waals surface area contributed by atoms with E-state index in [-0.39, 0.29) is 12.1 Å². The molecule has 0 N–H and O–H groups in total. The van der Waals surface area contributed by atoms with Crippen molar-refractivity contribution < 1.29 is 0 Å². The number of anilines is 6. The van der Waals surface area contributed by atoms with Crippen molar-refractivity contribution in [2.24, 2.45) is 0 Å².